The second-order valence-corrected chi connectivity index (χ2v) is 6.36. The second kappa shape index (κ2) is 8.96. The van der Waals surface area contributed by atoms with Crippen molar-refractivity contribution >= 4 is 40.6 Å². The summed E-state index contributed by atoms with van der Waals surface area (Å²) in [6.45, 7) is 0.457. The zero-order valence-corrected chi connectivity index (χ0v) is 15.0. The smallest absolute Gasteiger partial charge is 0.336 e. The molecule has 0 aliphatic rings. The summed E-state index contributed by atoms with van der Waals surface area (Å²) in [4.78, 5) is 29.4. The lowest BCUT2D eigenvalue weighted by molar-refractivity contribution is 0.0696. The van der Waals surface area contributed by atoms with Gasteiger partial charge in [0.2, 0.25) is 5.95 Å². The van der Waals surface area contributed by atoms with E-state index in [1.165, 1.54) is 18.2 Å². The third kappa shape index (κ3) is 5.66. The highest BCUT2D eigenvalue weighted by Gasteiger charge is 2.10. The van der Waals surface area contributed by atoms with Crippen LogP contribution >= 0.6 is 0 Å². The summed E-state index contributed by atoms with van der Waals surface area (Å²) in [7, 11) is 0. The topological polar surface area (TPSA) is 184 Å². The monoisotopic (exact) mass is 393 g/mol. The van der Waals surface area contributed by atoms with Crippen molar-refractivity contribution < 1.29 is 18.7 Å². The van der Waals surface area contributed by atoms with E-state index in [9.17, 15) is 18.9 Å². The Morgan fingerprint density at radius 1 is 1.37 bits per heavy atom. The predicted octanol–water partition coefficient (Wildman–Crippen LogP) is 0.870. The molecule has 0 amide bonds. The number of hydrogen-bond donors (Lipinski definition) is 6. The first kappa shape index (κ1) is 20.1. The van der Waals surface area contributed by atoms with Crippen LogP contribution in [0.4, 0.5) is 17.5 Å². The SMILES string of the molecule is Nc1nc(N)c(CCCNc2ccc(/C=C/S(=O)O)c(C(=O)O)c2)c(=O)[nH]1. The Hall–Kier alpha value is -3.18. The van der Waals surface area contributed by atoms with E-state index in [4.69, 9.17) is 16.0 Å². The third-order valence-corrected chi connectivity index (χ3v) is 4.02. The van der Waals surface area contributed by atoms with Crippen LogP contribution in [0.2, 0.25) is 0 Å². The van der Waals surface area contributed by atoms with Gasteiger partial charge in [0.05, 0.1) is 11.1 Å². The van der Waals surface area contributed by atoms with Crippen molar-refractivity contribution in [3.05, 3.63) is 50.7 Å². The number of H-pyrrole nitrogens is 1. The molecule has 27 heavy (non-hydrogen) atoms. The van der Waals surface area contributed by atoms with Gasteiger partial charge < -0.3 is 26.4 Å². The van der Waals surface area contributed by atoms with E-state index in [0.717, 1.165) is 5.41 Å². The van der Waals surface area contributed by atoms with E-state index in [1.807, 2.05) is 0 Å². The quantitative estimate of drug-likeness (QED) is 0.279. The number of aromatic amines is 1. The number of aromatic carboxylic acids is 1. The summed E-state index contributed by atoms with van der Waals surface area (Å²) < 4.78 is 19.5. The van der Waals surface area contributed by atoms with Crippen molar-refractivity contribution in [2.45, 2.75) is 12.8 Å². The van der Waals surface area contributed by atoms with E-state index >= 15 is 0 Å². The Balaban J connectivity index is 2.02. The van der Waals surface area contributed by atoms with E-state index in [0.29, 0.717) is 36.2 Å². The van der Waals surface area contributed by atoms with E-state index < -0.39 is 17.0 Å². The minimum atomic E-state index is -2.16. The van der Waals surface area contributed by atoms with E-state index in [2.05, 4.69) is 15.3 Å². The first-order chi connectivity index (χ1) is 12.8. The Bertz CT molecular complexity index is 957. The van der Waals surface area contributed by atoms with Gasteiger partial charge in [-0.3, -0.25) is 9.78 Å². The van der Waals surface area contributed by atoms with Crippen LogP contribution in [0.3, 0.4) is 0 Å². The van der Waals surface area contributed by atoms with Crippen LogP contribution in [0.25, 0.3) is 6.08 Å². The lowest BCUT2D eigenvalue weighted by Gasteiger charge is -2.09. The van der Waals surface area contributed by atoms with Crippen LogP contribution in [-0.4, -0.2) is 36.4 Å². The van der Waals surface area contributed by atoms with Crippen LogP contribution in [0, 0.1) is 0 Å². The Kier molecular flexibility index (Phi) is 6.68. The Labute approximate surface area is 156 Å². The van der Waals surface area contributed by atoms with Crippen LogP contribution in [-0.2, 0) is 17.5 Å². The molecule has 1 atom stereocenters. The highest BCUT2D eigenvalue weighted by molar-refractivity contribution is 7.82. The molecule has 1 unspecified atom stereocenters. The molecule has 10 nitrogen and oxygen atoms in total. The molecule has 0 saturated carbocycles. The van der Waals surface area contributed by atoms with Crippen molar-refractivity contribution in [2.75, 3.05) is 23.3 Å². The number of nitrogens with zero attached hydrogens (tertiary/aromatic N) is 1. The molecule has 0 aliphatic heterocycles. The van der Waals surface area contributed by atoms with Crippen LogP contribution < -0.4 is 22.3 Å². The van der Waals surface area contributed by atoms with Crippen molar-refractivity contribution in [2.24, 2.45) is 0 Å². The molecule has 0 aliphatic carbocycles. The van der Waals surface area contributed by atoms with E-state index in [-0.39, 0.29) is 22.9 Å². The molecule has 1 aromatic carbocycles. The minimum absolute atomic E-state index is 0.00914. The van der Waals surface area contributed by atoms with Gasteiger partial charge in [-0.25, -0.2) is 9.00 Å². The lowest BCUT2D eigenvalue weighted by atomic mass is 10.1. The molecule has 1 aromatic heterocycles. The van der Waals surface area contributed by atoms with Crippen molar-refractivity contribution in [3.63, 3.8) is 0 Å². The number of carbonyl (C=O) groups is 1. The molecular weight excluding hydrogens is 374 g/mol. The first-order valence-corrected chi connectivity index (χ1v) is 8.98. The lowest BCUT2D eigenvalue weighted by Crippen LogP contribution is -2.20. The number of aromatic nitrogens is 2. The van der Waals surface area contributed by atoms with Crippen molar-refractivity contribution in [1.82, 2.24) is 9.97 Å². The van der Waals surface area contributed by atoms with Gasteiger partial charge in [0, 0.05) is 17.6 Å². The van der Waals surface area contributed by atoms with Crippen LogP contribution in [0.1, 0.15) is 27.9 Å². The van der Waals surface area contributed by atoms with Gasteiger partial charge in [0.25, 0.3) is 5.56 Å². The van der Waals surface area contributed by atoms with Gasteiger partial charge in [-0.2, -0.15) is 4.98 Å². The maximum absolute atomic E-state index is 11.8. The zero-order valence-electron chi connectivity index (χ0n) is 14.1. The maximum Gasteiger partial charge on any atom is 0.336 e. The number of rotatable bonds is 8. The average molecular weight is 393 g/mol. The second-order valence-electron chi connectivity index (χ2n) is 5.53. The van der Waals surface area contributed by atoms with Crippen molar-refractivity contribution in [3.8, 4) is 0 Å². The summed E-state index contributed by atoms with van der Waals surface area (Å²) in [6, 6.07) is 4.61. The fourth-order valence-electron chi connectivity index (χ4n) is 2.40. The number of nitrogens with one attached hydrogen (secondary N) is 2. The highest BCUT2D eigenvalue weighted by atomic mass is 32.2. The summed E-state index contributed by atoms with van der Waals surface area (Å²) in [5.74, 6) is -1.11. The molecule has 0 bridgehead atoms. The first-order valence-electron chi connectivity index (χ1n) is 7.81. The minimum Gasteiger partial charge on any atom is -0.478 e. The van der Waals surface area contributed by atoms with Crippen LogP contribution in [0.15, 0.2) is 28.4 Å². The molecule has 1 heterocycles. The summed E-state index contributed by atoms with van der Waals surface area (Å²) in [5.41, 5.74) is 11.9. The molecule has 144 valence electrons. The highest BCUT2D eigenvalue weighted by Crippen LogP contribution is 2.18. The molecule has 0 radical (unpaired) electrons. The molecule has 8 N–H and O–H groups in total. The number of anilines is 3. The van der Waals surface area contributed by atoms with Gasteiger partial charge in [-0.15, -0.1) is 0 Å². The van der Waals surface area contributed by atoms with Crippen molar-refractivity contribution in [1.29, 1.82) is 0 Å². The average Bonchev–Trinajstić information content (AvgIpc) is 2.58. The molecule has 0 fully saturated rings. The number of nitrogens with two attached hydrogens (primary N) is 2. The number of hydrogen-bond acceptors (Lipinski definition) is 7. The zero-order chi connectivity index (χ0) is 20.0. The number of benzene rings is 1. The van der Waals surface area contributed by atoms with Gasteiger partial charge in [0.15, 0.2) is 11.1 Å². The molecule has 0 spiro atoms. The van der Waals surface area contributed by atoms with E-state index in [1.54, 1.807) is 6.07 Å². The number of carboxylic acids is 1. The fraction of sp³-hybridized carbons (Fsp3) is 0.188. The molecule has 2 aromatic rings. The summed E-state index contributed by atoms with van der Waals surface area (Å²) >= 11 is -2.16. The predicted molar refractivity (Wildman–Crippen MR) is 104 cm³/mol. The van der Waals surface area contributed by atoms with Gasteiger partial charge in [-0.05, 0) is 36.6 Å². The van der Waals surface area contributed by atoms with Crippen LogP contribution in [0.5, 0.6) is 0 Å². The fourth-order valence-corrected chi connectivity index (χ4v) is 2.66. The third-order valence-electron chi connectivity index (χ3n) is 3.65. The number of carboxylic acid groups (broad SMARTS) is 1. The number of nitrogen functional groups attached to an aromatic ring is 2. The normalized spacial score (nSPS) is 12.2. The van der Waals surface area contributed by atoms with Gasteiger partial charge in [-0.1, -0.05) is 6.07 Å². The molecule has 11 heteroatoms. The molecule has 0 saturated heterocycles. The maximum atomic E-state index is 11.8. The molecular formula is C16H19N5O5S. The Morgan fingerprint density at radius 2 is 2.11 bits per heavy atom. The molecule has 2 rings (SSSR count). The van der Waals surface area contributed by atoms with Gasteiger partial charge >= 0.3 is 5.97 Å². The van der Waals surface area contributed by atoms with Gasteiger partial charge in [0.1, 0.15) is 5.82 Å². The summed E-state index contributed by atoms with van der Waals surface area (Å²) in [5, 5.41) is 13.3. The summed E-state index contributed by atoms with van der Waals surface area (Å²) in [6.07, 6.45) is 2.19. The largest absolute Gasteiger partial charge is 0.478 e. The standard InChI is InChI=1S/C16H19N5O5S/c17-13-11(14(22)21-16(18)20-13)2-1-6-19-10-4-3-9(5-7-27(25)26)12(8-10)15(23)24/h3-5,7-8,19H,1-2,6H2,(H,23,24)(H,25,26)(H5,17,18,20,21,22)/b7-5+. The Morgan fingerprint density at radius 3 is 2.74 bits per heavy atom.